The summed E-state index contributed by atoms with van der Waals surface area (Å²) in [4.78, 5) is 41.8. The predicted molar refractivity (Wildman–Crippen MR) is 157 cm³/mol. The highest BCUT2D eigenvalue weighted by Crippen LogP contribution is 2.46. The third kappa shape index (κ3) is 7.63. The number of unbranched alkanes of at least 4 members (excludes halogenated alkanes) is 1. The molecule has 7 nitrogen and oxygen atoms in total. The van der Waals surface area contributed by atoms with Crippen LogP contribution in [0.15, 0.2) is 42.5 Å². The summed E-state index contributed by atoms with van der Waals surface area (Å²) in [6, 6.07) is 12.7. The lowest BCUT2D eigenvalue weighted by atomic mass is 9.73. The number of benzene rings is 2. The van der Waals surface area contributed by atoms with Gasteiger partial charge in [0.05, 0.1) is 6.04 Å². The van der Waals surface area contributed by atoms with Gasteiger partial charge in [-0.25, -0.2) is 18.4 Å². The first kappa shape index (κ1) is 32.0. The number of aliphatic carboxylic acids is 1. The van der Waals surface area contributed by atoms with E-state index in [1.807, 2.05) is 75.2 Å². The highest BCUT2D eigenvalue weighted by molar-refractivity contribution is 6.01. The summed E-state index contributed by atoms with van der Waals surface area (Å²) >= 11 is 0. The Bertz CT molecular complexity index is 1230. The van der Waals surface area contributed by atoms with Crippen LogP contribution in [0, 0.1) is 0 Å². The molecule has 0 aromatic heterocycles. The van der Waals surface area contributed by atoms with Gasteiger partial charge >= 0.3 is 12.0 Å². The standard InChI is InChI=1S/C32H43F2N3O4/c1-6-13-25-18-26(19-27(36(5)7-2)28(25)23(4)38)22(3)37(17-12-11-16-24-14-9-8-10-15-24)30(41)35-31(29(39)40)20-32(33,34)21-31/h8-10,14-15,18-19,22H,6-7,11-13,16-17,20-21H2,1-5H3,(H,35,41)(H,39,40). The average molecular weight is 572 g/mol. The van der Waals surface area contributed by atoms with E-state index in [4.69, 9.17) is 0 Å². The normalized spacial score (nSPS) is 15.9. The number of anilines is 1. The smallest absolute Gasteiger partial charge is 0.329 e. The van der Waals surface area contributed by atoms with Crippen LogP contribution in [0.3, 0.4) is 0 Å². The molecule has 3 rings (SSSR count). The van der Waals surface area contributed by atoms with Crippen molar-refractivity contribution < 1.29 is 28.3 Å². The van der Waals surface area contributed by atoms with Crippen molar-refractivity contribution in [3.8, 4) is 0 Å². The van der Waals surface area contributed by atoms with Gasteiger partial charge < -0.3 is 20.2 Å². The molecule has 0 radical (unpaired) electrons. The number of rotatable bonds is 14. The minimum absolute atomic E-state index is 0.0345. The lowest BCUT2D eigenvalue weighted by Gasteiger charge is -2.45. The molecule has 0 spiro atoms. The number of hydrogen-bond acceptors (Lipinski definition) is 4. The number of hydrogen-bond donors (Lipinski definition) is 2. The SMILES string of the molecule is CCCc1cc(C(C)N(CCCCc2ccccc2)C(=O)NC2(C(=O)O)CC(F)(F)C2)cc(N(C)CC)c1C(C)=O. The number of halogens is 2. The zero-order valence-electron chi connectivity index (χ0n) is 24.8. The molecule has 1 saturated carbocycles. The maximum absolute atomic E-state index is 13.8. The summed E-state index contributed by atoms with van der Waals surface area (Å²) in [7, 11) is 1.91. The van der Waals surface area contributed by atoms with Crippen molar-refractivity contribution in [1.29, 1.82) is 0 Å². The summed E-state index contributed by atoms with van der Waals surface area (Å²) in [6.45, 7) is 8.41. The van der Waals surface area contributed by atoms with Gasteiger partial charge in [-0.3, -0.25) is 4.79 Å². The van der Waals surface area contributed by atoms with Crippen molar-refractivity contribution in [1.82, 2.24) is 10.2 Å². The second kappa shape index (κ2) is 13.4. The van der Waals surface area contributed by atoms with Crippen LogP contribution in [0.4, 0.5) is 19.3 Å². The van der Waals surface area contributed by atoms with Gasteiger partial charge in [-0.2, -0.15) is 0 Å². The van der Waals surface area contributed by atoms with Crippen molar-refractivity contribution >= 4 is 23.5 Å². The maximum Gasteiger partial charge on any atom is 0.329 e. The first-order chi connectivity index (χ1) is 19.3. The molecule has 0 bridgehead atoms. The van der Waals surface area contributed by atoms with E-state index in [2.05, 4.69) is 5.32 Å². The Kier molecular flexibility index (Phi) is 10.5. The number of ketones is 1. The van der Waals surface area contributed by atoms with E-state index in [0.717, 1.165) is 36.1 Å². The van der Waals surface area contributed by atoms with Crippen molar-refractivity contribution in [2.75, 3.05) is 25.0 Å². The van der Waals surface area contributed by atoms with Gasteiger partial charge in [-0.05, 0) is 69.2 Å². The molecule has 41 heavy (non-hydrogen) atoms. The lowest BCUT2D eigenvalue weighted by Crippen LogP contribution is -2.68. The van der Waals surface area contributed by atoms with Gasteiger partial charge in [0, 0.05) is 44.2 Å². The second-order valence-electron chi connectivity index (χ2n) is 11.2. The fourth-order valence-electron chi connectivity index (χ4n) is 5.60. The number of carboxylic acid groups (broad SMARTS) is 1. The molecule has 1 aliphatic rings. The minimum atomic E-state index is -3.13. The number of aryl methyl sites for hydroxylation is 2. The van der Waals surface area contributed by atoms with Gasteiger partial charge in [-0.1, -0.05) is 49.7 Å². The van der Waals surface area contributed by atoms with Crippen LogP contribution in [0.5, 0.6) is 0 Å². The number of alkyl halides is 2. The van der Waals surface area contributed by atoms with Gasteiger partial charge in [0.15, 0.2) is 11.3 Å². The number of nitrogens with zero attached hydrogens (tertiary/aromatic N) is 2. The molecular weight excluding hydrogens is 528 g/mol. The fraction of sp³-hybridized carbons (Fsp3) is 0.531. The summed E-state index contributed by atoms with van der Waals surface area (Å²) in [5.74, 6) is -4.63. The fourth-order valence-corrected chi connectivity index (χ4v) is 5.60. The minimum Gasteiger partial charge on any atom is -0.479 e. The average Bonchev–Trinajstić information content (AvgIpc) is 2.91. The Labute approximate surface area is 241 Å². The molecule has 2 aromatic carbocycles. The summed E-state index contributed by atoms with van der Waals surface area (Å²) in [5, 5.41) is 12.2. The van der Waals surface area contributed by atoms with Crippen LogP contribution in [-0.2, 0) is 17.6 Å². The highest BCUT2D eigenvalue weighted by Gasteiger charge is 2.62. The Morgan fingerprint density at radius 2 is 1.71 bits per heavy atom. The van der Waals surface area contributed by atoms with Gasteiger partial charge in [0.25, 0.3) is 5.92 Å². The molecular formula is C32H43F2N3O4. The summed E-state index contributed by atoms with van der Waals surface area (Å²) < 4.78 is 27.6. The summed E-state index contributed by atoms with van der Waals surface area (Å²) in [6.07, 6.45) is 1.88. The molecule has 0 aliphatic heterocycles. The van der Waals surface area contributed by atoms with Crippen LogP contribution < -0.4 is 10.2 Å². The Morgan fingerprint density at radius 1 is 1.05 bits per heavy atom. The van der Waals surface area contributed by atoms with E-state index >= 15 is 0 Å². The largest absolute Gasteiger partial charge is 0.479 e. The van der Waals surface area contributed by atoms with Crippen LogP contribution in [0.2, 0.25) is 0 Å². The molecule has 2 N–H and O–H groups in total. The van der Waals surface area contributed by atoms with Crippen molar-refractivity contribution in [3.05, 3.63) is 64.7 Å². The third-order valence-corrected chi connectivity index (χ3v) is 8.02. The van der Waals surface area contributed by atoms with Crippen molar-refractivity contribution in [2.24, 2.45) is 0 Å². The molecule has 1 unspecified atom stereocenters. The third-order valence-electron chi connectivity index (χ3n) is 8.02. The van der Waals surface area contributed by atoms with Gasteiger partial charge in [-0.15, -0.1) is 0 Å². The van der Waals surface area contributed by atoms with Crippen LogP contribution in [0.25, 0.3) is 0 Å². The number of carbonyl (C=O) groups excluding carboxylic acids is 2. The predicted octanol–water partition coefficient (Wildman–Crippen LogP) is 6.65. The molecule has 2 amide bonds. The van der Waals surface area contributed by atoms with Gasteiger partial charge in [0.1, 0.15) is 0 Å². The number of amides is 2. The highest BCUT2D eigenvalue weighted by atomic mass is 19.3. The van der Waals surface area contributed by atoms with E-state index in [0.29, 0.717) is 31.5 Å². The molecule has 1 aliphatic carbocycles. The summed E-state index contributed by atoms with van der Waals surface area (Å²) in [5.41, 5.74) is 2.31. The lowest BCUT2D eigenvalue weighted by molar-refractivity contribution is -0.175. The zero-order valence-corrected chi connectivity index (χ0v) is 24.8. The Balaban J connectivity index is 1.95. The quantitative estimate of drug-likeness (QED) is 0.196. The Morgan fingerprint density at radius 3 is 2.24 bits per heavy atom. The maximum atomic E-state index is 13.8. The zero-order chi connectivity index (χ0) is 30.4. The van der Waals surface area contributed by atoms with E-state index < -0.39 is 42.3 Å². The van der Waals surface area contributed by atoms with Crippen LogP contribution in [0.1, 0.15) is 92.9 Å². The van der Waals surface area contributed by atoms with E-state index in [9.17, 15) is 28.3 Å². The van der Waals surface area contributed by atoms with E-state index in [1.165, 1.54) is 5.56 Å². The van der Waals surface area contributed by atoms with Crippen LogP contribution in [-0.4, -0.2) is 59.4 Å². The van der Waals surface area contributed by atoms with E-state index in [-0.39, 0.29) is 5.78 Å². The van der Waals surface area contributed by atoms with Crippen molar-refractivity contribution in [3.63, 3.8) is 0 Å². The number of urea groups is 1. The van der Waals surface area contributed by atoms with Crippen molar-refractivity contribution in [2.45, 2.75) is 90.1 Å². The number of carbonyl (C=O) groups is 3. The number of carboxylic acids is 1. The van der Waals surface area contributed by atoms with Crippen LogP contribution >= 0.6 is 0 Å². The molecule has 2 aromatic rings. The molecule has 0 heterocycles. The topological polar surface area (TPSA) is 89.9 Å². The van der Waals surface area contributed by atoms with Gasteiger partial charge in [0.2, 0.25) is 0 Å². The molecule has 1 fully saturated rings. The molecule has 9 heteroatoms. The Hall–Kier alpha value is -3.49. The van der Waals surface area contributed by atoms with E-state index in [1.54, 1.807) is 11.8 Å². The monoisotopic (exact) mass is 571 g/mol. The number of nitrogens with one attached hydrogen (secondary N) is 1. The molecule has 1 atom stereocenters. The first-order valence-corrected chi connectivity index (χ1v) is 14.5. The molecule has 224 valence electrons. The number of Topliss-reactive ketones (excluding diaryl/α,β-unsaturated/α-hetero) is 1. The second-order valence-corrected chi connectivity index (χ2v) is 11.2. The molecule has 0 saturated heterocycles. The first-order valence-electron chi connectivity index (χ1n) is 14.5.